The Morgan fingerprint density at radius 1 is 1.42 bits per heavy atom. The van der Waals surface area contributed by atoms with E-state index in [1.807, 2.05) is 6.92 Å². The van der Waals surface area contributed by atoms with E-state index in [0.717, 1.165) is 25.7 Å². The van der Waals surface area contributed by atoms with Gasteiger partial charge < -0.3 is 10.8 Å². The largest absolute Gasteiger partial charge is 0.480 e. The number of rotatable bonds is 2. The topological polar surface area (TPSA) is 63.3 Å². The van der Waals surface area contributed by atoms with E-state index in [2.05, 4.69) is 0 Å². The van der Waals surface area contributed by atoms with Crippen LogP contribution in [0, 0.1) is 5.41 Å². The van der Waals surface area contributed by atoms with E-state index in [1.54, 1.807) is 0 Å². The summed E-state index contributed by atoms with van der Waals surface area (Å²) in [7, 11) is 0. The summed E-state index contributed by atoms with van der Waals surface area (Å²) in [4.78, 5) is 10.7. The summed E-state index contributed by atoms with van der Waals surface area (Å²) >= 11 is 0. The molecule has 0 saturated heterocycles. The van der Waals surface area contributed by atoms with Crippen LogP contribution in [0.15, 0.2) is 0 Å². The van der Waals surface area contributed by atoms with E-state index in [4.69, 9.17) is 10.8 Å². The zero-order valence-corrected chi connectivity index (χ0v) is 7.55. The van der Waals surface area contributed by atoms with Gasteiger partial charge in [-0.25, -0.2) is 0 Å². The van der Waals surface area contributed by atoms with E-state index in [0.29, 0.717) is 0 Å². The van der Waals surface area contributed by atoms with E-state index < -0.39 is 12.0 Å². The summed E-state index contributed by atoms with van der Waals surface area (Å²) < 4.78 is 0. The summed E-state index contributed by atoms with van der Waals surface area (Å²) in [5.74, 6) is -0.862. The molecule has 0 aromatic heterocycles. The molecule has 0 radical (unpaired) electrons. The second-order valence-electron chi connectivity index (χ2n) is 4.03. The second-order valence-corrected chi connectivity index (χ2v) is 4.03. The summed E-state index contributed by atoms with van der Waals surface area (Å²) in [5, 5.41) is 8.77. The molecule has 1 aliphatic rings. The minimum atomic E-state index is -0.862. The van der Waals surface area contributed by atoms with Gasteiger partial charge in [0.15, 0.2) is 0 Å². The van der Waals surface area contributed by atoms with Crippen LogP contribution in [-0.4, -0.2) is 17.1 Å². The number of aliphatic carboxylic acids is 1. The van der Waals surface area contributed by atoms with Gasteiger partial charge in [-0.05, 0) is 18.3 Å². The Hall–Kier alpha value is -0.570. The fraction of sp³-hybridized carbons (Fsp3) is 0.889. The molecule has 0 aromatic rings. The third-order valence-electron chi connectivity index (χ3n) is 3.01. The Labute approximate surface area is 72.9 Å². The zero-order valence-electron chi connectivity index (χ0n) is 7.55. The molecule has 3 heteroatoms. The average Bonchev–Trinajstić information content (AvgIpc) is 2.04. The van der Waals surface area contributed by atoms with Crippen molar-refractivity contribution in [2.75, 3.05) is 0 Å². The van der Waals surface area contributed by atoms with Gasteiger partial charge in [0.2, 0.25) is 0 Å². The molecule has 0 aliphatic heterocycles. The fourth-order valence-electron chi connectivity index (χ4n) is 1.97. The lowest BCUT2D eigenvalue weighted by Gasteiger charge is -2.36. The first-order valence-electron chi connectivity index (χ1n) is 4.55. The van der Waals surface area contributed by atoms with Crippen molar-refractivity contribution in [2.24, 2.45) is 11.1 Å². The van der Waals surface area contributed by atoms with Gasteiger partial charge in [0.25, 0.3) is 0 Å². The molecule has 0 aromatic carbocycles. The van der Waals surface area contributed by atoms with Crippen molar-refractivity contribution >= 4 is 5.97 Å². The van der Waals surface area contributed by atoms with Crippen molar-refractivity contribution in [3.8, 4) is 0 Å². The normalized spacial score (nSPS) is 24.8. The first-order chi connectivity index (χ1) is 5.56. The highest BCUT2D eigenvalue weighted by atomic mass is 16.4. The maximum absolute atomic E-state index is 10.7. The lowest BCUT2D eigenvalue weighted by molar-refractivity contribution is -0.142. The van der Waals surface area contributed by atoms with Crippen LogP contribution < -0.4 is 5.73 Å². The monoisotopic (exact) mass is 171 g/mol. The van der Waals surface area contributed by atoms with Crippen molar-refractivity contribution < 1.29 is 9.90 Å². The Morgan fingerprint density at radius 2 is 1.92 bits per heavy atom. The number of hydrogen-bond acceptors (Lipinski definition) is 2. The van der Waals surface area contributed by atoms with Crippen LogP contribution >= 0.6 is 0 Å². The molecule has 0 amide bonds. The molecule has 1 fully saturated rings. The number of carboxylic acid groups (broad SMARTS) is 1. The van der Waals surface area contributed by atoms with Crippen LogP contribution in [0.5, 0.6) is 0 Å². The van der Waals surface area contributed by atoms with Gasteiger partial charge in [0, 0.05) is 0 Å². The quantitative estimate of drug-likeness (QED) is 0.659. The third kappa shape index (κ3) is 1.78. The maximum Gasteiger partial charge on any atom is 0.321 e. The van der Waals surface area contributed by atoms with Gasteiger partial charge in [-0.15, -0.1) is 0 Å². The van der Waals surface area contributed by atoms with Gasteiger partial charge in [0.05, 0.1) is 0 Å². The highest BCUT2D eigenvalue weighted by Crippen LogP contribution is 2.37. The van der Waals surface area contributed by atoms with Crippen LogP contribution in [0.2, 0.25) is 0 Å². The van der Waals surface area contributed by atoms with Gasteiger partial charge in [0.1, 0.15) is 6.04 Å². The smallest absolute Gasteiger partial charge is 0.321 e. The third-order valence-corrected chi connectivity index (χ3v) is 3.01. The van der Waals surface area contributed by atoms with Crippen LogP contribution in [0.25, 0.3) is 0 Å². The zero-order chi connectivity index (χ0) is 9.19. The van der Waals surface area contributed by atoms with Crippen molar-refractivity contribution in [2.45, 2.75) is 45.1 Å². The van der Waals surface area contributed by atoms with Gasteiger partial charge >= 0.3 is 5.97 Å². The molecule has 0 spiro atoms. The molecule has 0 unspecified atom stereocenters. The van der Waals surface area contributed by atoms with Crippen molar-refractivity contribution in [1.29, 1.82) is 0 Å². The number of carboxylic acids is 1. The molecule has 1 saturated carbocycles. The predicted octanol–water partition coefficient (Wildman–Crippen LogP) is 1.37. The predicted molar refractivity (Wildman–Crippen MR) is 46.8 cm³/mol. The first kappa shape index (κ1) is 9.52. The lowest BCUT2D eigenvalue weighted by atomic mass is 9.71. The molecule has 12 heavy (non-hydrogen) atoms. The molecular formula is C9H17NO2. The summed E-state index contributed by atoms with van der Waals surface area (Å²) in [6.07, 6.45) is 5.39. The lowest BCUT2D eigenvalue weighted by Crippen LogP contribution is -2.46. The number of nitrogens with two attached hydrogens (primary N) is 1. The minimum absolute atomic E-state index is 0.163. The molecule has 70 valence electrons. The Balaban J connectivity index is 2.62. The second kappa shape index (κ2) is 3.44. The van der Waals surface area contributed by atoms with Crippen molar-refractivity contribution in [3.63, 3.8) is 0 Å². The summed E-state index contributed by atoms with van der Waals surface area (Å²) in [6.45, 7) is 1.99. The van der Waals surface area contributed by atoms with E-state index in [9.17, 15) is 4.79 Å². The van der Waals surface area contributed by atoms with E-state index >= 15 is 0 Å². The van der Waals surface area contributed by atoms with Crippen LogP contribution in [0.3, 0.4) is 0 Å². The van der Waals surface area contributed by atoms with Gasteiger partial charge in [-0.3, -0.25) is 4.79 Å². The standard InChI is InChI=1S/C9H17NO2/c1-9(7(10)8(11)12)5-3-2-4-6-9/h7H,2-6,10H2,1H3,(H,11,12)/t7-/m0/s1. The van der Waals surface area contributed by atoms with Crippen LogP contribution in [-0.2, 0) is 4.79 Å². The Morgan fingerprint density at radius 3 is 2.33 bits per heavy atom. The maximum atomic E-state index is 10.7. The van der Waals surface area contributed by atoms with Gasteiger partial charge in [-0.2, -0.15) is 0 Å². The number of hydrogen-bond donors (Lipinski definition) is 2. The van der Waals surface area contributed by atoms with Crippen molar-refractivity contribution in [3.05, 3.63) is 0 Å². The van der Waals surface area contributed by atoms with E-state index in [1.165, 1.54) is 6.42 Å². The van der Waals surface area contributed by atoms with Crippen LogP contribution in [0.1, 0.15) is 39.0 Å². The Bertz CT molecular complexity index is 173. The SMILES string of the molecule is CC1([C@@H](N)C(=O)O)CCCCC1. The molecule has 1 aliphatic carbocycles. The van der Waals surface area contributed by atoms with Crippen LogP contribution in [0.4, 0.5) is 0 Å². The average molecular weight is 171 g/mol. The summed E-state index contributed by atoms with van der Waals surface area (Å²) in [6, 6.07) is -0.683. The molecule has 1 atom stereocenters. The molecule has 0 bridgehead atoms. The number of carbonyl (C=O) groups is 1. The highest BCUT2D eigenvalue weighted by Gasteiger charge is 2.37. The molecular weight excluding hydrogens is 154 g/mol. The molecule has 3 N–H and O–H groups in total. The summed E-state index contributed by atoms with van der Waals surface area (Å²) in [5.41, 5.74) is 5.46. The highest BCUT2D eigenvalue weighted by molar-refractivity contribution is 5.74. The van der Waals surface area contributed by atoms with Gasteiger partial charge in [-0.1, -0.05) is 26.2 Å². The first-order valence-corrected chi connectivity index (χ1v) is 4.55. The van der Waals surface area contributed by atoms with Crippen molar-refractivity contribution in [1.82, 2.24) is 0 Å². The molecule has 3 nitrogen and oxygen atoms in total. The van der Waals surface area contributed by atoms with E-state index in [-0.39, 0.29) is 5.41 Å². The minimum Gasteiger partial charge on any atom is -0.480 e. The molecule has 1 rings (SSSR count). The fourth-order valence-corrected chi connectivity index (χ4v) is 1.97. The Kier molecular flexibility index (Phi) is 2.73. The molecule has 0 heterocycles.